The van der Waals surface area contributed by atoms with Crippen LogP contribution in [0.5, 0.6) is 0 Å². The fourth-order valence-corrected chi connectivity index (χ4v) is 3.16. The molecule has 0 spiro atoms. The molecular formula is C18H21BrFN. The zero-order valence-corrected chi connectivity index (χ0v) is 14.3. The Morgan fingerprint density at radius 2 is 1.95 bits per heavy atom. The molecule has 2 aromatic rings. The summed E-state index contributed by atoms with van der Waals surface area (Å²) in [4.78, 5) is 0. The van der Waals surface area contributed by atoms with Gasteiger partial charge in [0.05, 0.1) is 6.04 Å². The molecule has 21 heavy (non-hydrogen) atoms. The lowest BCUT2D eigenvalue weighted by Gasteiger charge is -2.23. The van der Waals surface area contributed by atoms with E-state index in [1.165, 1.54) is 17.2 Å². The van der Waals surface area contributed by atoms with Gasteiger partial charge in [0.25, 0.3) is 0 Å². The summed E-state index contributed by atoms with van der Waals surface area (Å²) in [7, 11) is 0. The zero-order chi connectivity index (χ0) is 15.4. The van der Waals surface area contributed by atoms with Crippen molar-refractivity contribution in [3.05, 3.63) is 68.9 Å². The molecule has 1 N–H and O–H groups in total. The van der Waals surface area contributed by atoms with E-state index < -0.39 is 0 Å². The predicted octanol–water partition coefficient (Wildman–Crippen LogP) is 5.29. The van der Waals surface area contributed by atoms with Gasteiger partial charge in [-0.3, -0.25) is 0 Å². The summed E-state index contributed by atoms with van der Waals surface area (Å²) in [5.74, 6) is -0.182. The summed E-state index contributed by atoms with van der Waals surface area (Å²) in [5.41, 5.74) is 4.20. The Hall–Kier alpha value is -1.19. The molecule has 0 aliphatic heterocycles. The van der Waals surface area contributed by atoms with Gasteiger partial charge in [-0.1, -0.05) is 52.7 Å². The fourth-order valence-electron chi connectivity index (χ4n) is 2.59. The monoisotopic (exact) mass is 349 g/mol. The lowest BCUT2D eigenvalue weighted by Crippen LogP contribution is -2.25. The summed E-state index contributed by atoms with van der Waals surface area (Å²) in [6.45, 7) is 7.11. The minimum atomic E-state index is -0.182. The highest BCUT2D eigenvalue weighted by Crippen LogP contribution is 2.32. The van der Waals surface area contributed by atoms with Gasteiger partial charge in [0.15, 0.2) is 0 Å². The van der Waals surface area contributed by atoms with Crippen molar-refractivity contribution < 1.29 is 4.39 Å². The second-order valence-corrected chi connectivity index (χ2v) is 6.24. The van der Waals surface area contributed by atoms with Gasteiger partial charge >= 0.3 is 0 Å². The molecule has 2 aromatic carbocycles. The van der Waals surface area contributed by atoms with Gasteiger partial charge in [0.1, 0.15) is 5.82 Å². The quantitative estimate of drug-likeness (QED) is 0.772. The highest BCUT2D eigenvalue weighted by atomic mass is 79.9. The topological polar surface area (TPSA) is 12.0 Å². The van der Waals surface area contributed by atoms with E-state index in [1.54, 1.807) is 6.07 Å². The molecule has 0 bridgehead atoms. The van der Waals surface area contributed by atoms with Crippen LogP contribution >= 0.6 is 15.9 Å². The van der Waals surface area contributed by atoms with E-state index in [9.17, 15) is 4.39 Å². The number of hydrogen-bond acceptors (Lipinski definition) is 1. The molecule has 0 saturated carbocycles. The number of benzene rings is 2. The van der Waals surface area contributed by atoms with Gasteiger partial charge < -0.3 is 5.32 Å². The second-order valence-electron chi connectivity index (χ2n) is 5.38. The molecule has 0 aromatic heterocycles. The summed E-state index contributed by atoms with van der Waals surface area (Å²) < 4.78 is 15.2. The molecule has 0 amide bonds. The normalized spacial score (nSPS) is 12.4. The Morgan fingerprint density at radius 1 is 1.19 bits per heavy atom. The van der Waals surface area contributed by atoms with Gasteiger partial charge in [-0.25, -0.2) is 4.39 Å². The Morgan fingerprint density at radius 3 is 2.57 bits per heavy atom. The maximum Gasteiger partial charge on any atom is 0.129 e. The van der Waals surface area contributed by atoms with Crippen molar-refractivity contribution in [2.75, 3.05) is 6.54 Å². The Balaban J connectivity index is 2.52. The van der Waals surface area contributed by atoms with Gasteiger partial charge in [0, 0.05) is 10.0 Å². The van der Waals surface area contributed by atoms with Crippen LogP contribution < -0.4 is 5.32 Å². The smallest absolute Gasteiger partial charge is 0.129 e. The molecule has 0 aliphatic carbocycles. The van der Waals surface area contributed by atoms with Crippen molar-refractivity contribution in [1.82, 2.24) is 5.32 Å². The van der Waals surface area contributed by atoms with E-state index in [1.807, 2.05) is 6.07 Å². The summed E-state index contributed by atoms with van der Waals surface area (Å²) >= 11 is 3.50. The van der Waals surface area contributed by atoms with Crippen molar-refractivity contribution in [1.29, 1.82) is 0 Å². The zero-order valence-electron chi connectivity index (χ0n) is 12.7. The first-order chi connectivity index (χ1) is 10.0. The molecule has 0 radical (unpaired) electrons. The molecular weight excluding hydrogens is 329 g/mol. The Labute approximate surface area is 134 Å². The number of nitrogens with one attached hydrogen (secondary N) is 1. The molecule has 0 aliphatic rings. The van der Waals surface area contributed by atoms with Crippen LogP contribution in [0, 0.1) is 19.7 Å². The number of rotatable bonds is 5. The molecule has 1 nitrogen and oxygen atoms in total. The molecule has 2 rings (SSSR count). The average Bonchev–Trinajstić information content (AvgIpc) is 2.43. The van der Waals surface area contributed by atoms with Crippen LogP contribution in [0.4, 0.5) is 4.39 Å². The van der Waals surface area contributed by atoms with E-state index >= 15 is 0 Å². The highest BCUT2D eigenvalue weighted by Gasteiger charge is 2.21. The fraction of sp³-hybridized carbons (Fsp3) is 0.333. The van der Waals surface area contributed by atoms with Gasteiger partial charge in [-0.15, -0.1) is 0 Å². The maximum atomic E-state index is 14.4. The molecule has 1 unspecified atom stereocenters. The molecule has 112 valence electrons. The third-order valence-corrected chi connectivity index (χ3v) is 4.31. The second kappa shape index (κ2) is 7.19. The van der Waals surface area contributed by atoms with E-state index in [0.29, 0.717) is 5.56 Å². The van der Waals surface area contributed by atoms with E-state index in [0.717, 1.165) is 23.0 Å². The van der Waals surface area contributed by atoms with Crippen molar-refractivity contribution in [3.8, 4) is 0 Å². The number of aryl methyl sites for hydroxylation is 2. The SMILES string of the molecule is CCCNC(c1ccc(C)cc1C)c1c(F)cccc1Br. The first-order valence-corrected chi connectivity index (χ1v) is 8.08. The van der Waals surface area contributed by atoms with Gasteiger partial charge in [0.2, 0.25) is 0 Å². The summed E-state index contributed by atoms with van der Waals surface area (Å²) in [6.07, 6.45) is 1.01. The Kier molecular flexibility index (Phi) is 5.54. The summed E-state index contributed by atoms with van der Waals surface area (Å²) in [5, 5.41) is 3.47. The van der Waals surface area contributed by atoms with Gasteiger partial charge in [-0.05, 0) is 50.1 Å². The van der Waals surface area contributed by atoms with Crippen molar-refractivity contribution in [3.63, 3.8) is 0 Å². The predicted molar refractivity (Wildman–Crippen MR) is 90.2 cm³/mol. The van der Waals surface area contributed by atoms with Crippen LogP contribution in [0.15, 0.2) is 40.9 Å². The van der Waals surface area contributed by atoms with E-state index in [4.69, 9.17) is 0 Å². The van der Waals surface area contributed by atoms with Crippen molar-refractivity contribution in [2.45, 2.75) is 33.2 Å². The minimum Gasteiger partial charge on any atom is -0.306 e. The number of hydrogen-bond donors (Lipinski definition) is 1. The lowest BCUT2D eigenvalue weighted by molar-refractivity contribution is 0.543. The molecule has 3 heteroatoms. The largest absolute Gasteiger partial charge is 0.306 e. The maximum absolute atomic E-state index is 14.4. The minimum absolute atomic E-state index is 0.138. The average molecular weight is 350 g/mol. The molecule has 0 fully saturated rings. The first-order valence-electron chi connectivity index (χ1n) is 7.29. The van der Waals surface area contributed by atoms with Crippen LogP contribution in [0.1, 0.15) is 41.6 Å². The highest BCUT2D eigenvalue weighted by molar-refractivity contribution is 9.10. The lowest BCUT2D eigenvalue weighted by atomic mass is 9.93. The van der Waals surface area contributed by atoms with Crippen LogP contribution in [-0.4, -0.2) is 6.54 Å². The molecule has 1 atom stereocenters. The third kappa shape index (κ3) is 3.72. The van der Waals surface area contributed by atoms with Gasteiger partial charge in [-0.2, -0.15) is 0 Å². The molecule has 0 saturated heterocycles. The summed E-state index contributed by atoms with van der Waals surface area (Å²) in [6, 6.07) is 11.3. The molecule has 0 heterocycles. The van der Waals surface area contributed by atoms with Crippen LogP contribution in [0.3, 0.4) is 0 Å². The third-order valence-electron chi connectivity index (χ3n) is 3.62. The number of halogens is 2. The van der Waals surface area contributed by atoms with Crippen molar-refractivity contribution >= 4 is 15.9 Å². The van der Waals surface area contributed by atoms with Crippen LogP contribution in [0.2, 0.25) is 0 Å². The van der Waals surface area contributed by atoms with E-state index in [-0.39, 0.29) is 11.9 Å². The Bertz CT molecular complexity index is 604. The van der Waals surface area contributed by atoms with E-state index in [2.05, 4.69) is 60.2 Å². The standard InChI is InChI=1S/C18H21BrFN/c1-4-10-21-18(14-9-8-12(2)11-13(14)3)17-15(19)6-5-7-16(17)20/h5-9,11,18,21H,4,10H2,1-3H3. The first kappa shape index (κ1) is 16.2. The van der Waals surface area contributed by atoms with Crippen LogP contribution in [0.25, 0.3) is 0 Å². The van der Waals surface area contributed by atoms with Crippen molar-refractivity contribution in [2.24, 2.45) is 0 Å². The van der Waals surface area contributed by atoms with Crippen LogP contribution in [-0.2, 0) is 0 Å².